The molecule has 0 aliphatic carbocycles. The molecule has 0 saturated carbocycles. The van der Waals surface area contributed by atoms with E-state index in [4.69, 9.17) is 11.6 Å². The van der Waals surface area contributed by atoms with E-state index in [2.05, 4.69) is 9.97 Å². The fourth-order valence-electron chi connectivity index (χ4n) is 3.05. The van der Waals surface area contributed by atoms with E-state index in [0.29, 0.717) is 27.8 Å². The molecule has 0 unspecified atom stereocenters. The zero-order valence-corrected chi connectivity index (χ0v) is 15.7. The van der Waals surface area contributed by atoms with E-state index in [-0.39, 0.29) is 21.2 Å². The van der Waals surface area contributed by atoms with Crippen LogP contribution in [0.3, 0.4) is 0 Å². The van der Waals surface area contributed by atoms with Crippen molar-refractivity contribution in [3.05, 3.63) is 93.3 Å². The standard InChI is InChI=1S/C22H13ClFN3O2/c23-21-17(7-3-11-25-21)16-6-2-8-18-20(16)22(29)27(24)19(26-18)10-9-14-4-1-5-15(12-14)13-28/h1-13H/b10-9+. The van der Waals surface area contributed by atoms with Crippen LogP contribution in [0.1, 0.15) is 21.7 Å². The number of aromatic nitrogens is 3. The third-order valence-electron chi connectivity index (χ3n) is 4.39. The second kappa shape index (κ2) is 7.77. The van der Waals surface area contributed by atoms with Gasteiger partial charge in [-0.15, -0.1) is 4.79 Å². The highest BCUT2D eigenvalue weighted by Gasteiger charge is 2.15. The average molecular weight is 406 g/mol. The Labute approximate surface area is 169 Å². The summed E-state index contributed by atoms with van der Waals surface area (Å²) in [7, 11) is 0. The van der Waals surface area contributed by atoms with E-state index >= 15 is 0 Å². The lowest BCUT2D eigenvalue weighted by molar-refractivity contribution is 0.112. The molecular weight excluding hydrogens is 393 g/mol. The number of fused-ring (bicyclic) bond motifs is 1. The van der Waals surface area contributed by atoms with Crippen LogP contribution in [-0.4, -0.2) is 21.0 Å². The molecule has 2 aromatic carbocycles. The minimum absolute atomic E-state index is 0.00379. The van der Waals surface area contributed by atoms with Gasteiger partial charge >= 0.3 is 0 Å². The topological polar surface area (TPSA) is 64.8 Å². The third-order valence-corrected chi connectivity index (χ3v) is 4.69. The summed E-state index contributed by atoms with van der Waals surface area (Å²) >= 11 is 6.15. The fourth-order valence-corrected chi connectivity index (χ4v) is 3.27. The van der Waals surface area contributed by atoms with Gasteiger partial charge in [-0.05, 0) is 41.5 Å². The van der Waals surface area contributed by atoms with Crippen molar-refractivity contribution in [3.63, 3.8) is 0 Å². The van der Waals surface area contributed by atoms with Crippen LogP contribution in [0.25, 0.3) is 34.2 Å². The number of rotatable bonds is 4. The van der Waals surface area contributed by atoms with Crippen LogP contribution < -0.4 is 5.56 Å². The lowest BCUT2D eigenvalue weighted by atomic mass is 10.0. The maximum atomic E-state index is 14.8. The van der Waals surface area contributed by atoms with Gasteiger partial charge in [0.15, 0.2) is 5.82 Å². The highest BCUT2D eigenvalue weighted by molar-refractivity contribution is 6.32. The van der Waals surface area contributed by atoms with E-state index in [0.717, 1.165) is 6.29 Å². The second-order valence-electron chi connectivity index (χ2n) is 6.22. The van der Waals surface area contributed by atoms with Gasteiger partial charge in [-0.3, -0.25) is 9.59 Å². The molecule has 0 atom stereocenters. The first-order chi connectivity index (χ1) is 14.1. The lowest BCUT2D eigenvalue weighted by Gasteiger charge is -2.09. The van der Waals surface area contributed by atoms with Crippen molar-refractivity contribution in [2.75, 3.05) is 0 Å². The van der Waals surface area contributed by atoms with Crippen LogP contribution in [0, 0.1) is 0 Å². The van der Waals surface area contributed by atoms with Gasteiger partial charge in [-0.2, -0.15) is 0 Å². The van der Waals surface area contributed by atoms with Crippen LogP contribution in [-0.2, 0) is 0 Å². The molecule has 29 heavy (non-hydrogen) atoms. The molecule has 4 rings (SSSR count). The molecule has 5 nitrogen and oxygen atoms in total. The first-order valence-corrected chi connectivity index (χ1v) is 9.02. The summed E-state index contributed by atoms with van der Waals surface area (Å²) < 4.78 is 14.8. The van der Waals surface area contributed by atoms with E-state index in [1.807, 2.05) is 0 Å². The number of hydrogen-bond acceptors (Lipinski definition) is 4. The number of pyridine rings is 1. The molecule has 0 radical (unpaired) electrons. The zero-order valence-electron chi connectivity index (χ0n) is 14.9. The van der Waals surface area contributed by atoms with E-state index in [1.54, 1.807) is 60.7 Å². The second-order valence-corrected chi connectivity index (χ2v) is 6.58. The highest BCUT2D eigenvalue weighted by Crippen LogP contribution is 2.30. The third kappa shape index (κ3) is 3.58. The SMILES string of the molecule is O=Cc1cccc(/C=C/c2nc3cccc(-c4cccnc4Cl)c3c(=O)n2F)c1. The van der Waals surface area contributed by atoms with Crippen molar-refractivity contribution in [1.29, 1.82) is 0 Å². The number of hydrogen-bond donors (Lipinski definition) is 0. The summed E-state index contributed by atoms with van der Waals surface area (Å²) in [6.45, 7) is 0. The predicted molar refractivity (Wildman–Crippen MR) is 112 cm³/mol. The van der Waals surface area contributed by atoms with Crippen LogP contribution in [0.15, 0.2) is 65.6 Å². The molecule has 0 bridgehead atoms. The van der Waals surface area contributed by atoms with Crippen LogP contribution in [0.5, 0.6) is 0 Å². The van der Waals surface area contributed by atoms with Crippen LogP contribution in [0.4, 0.5) is 4.48 Å². The van der Waals surface area contributed by atoms with Crippen molar-refractivity contribution >= 4 is 40.9 Å². The molecule has 0 amide bonds. The maximum Gasteiger partial charge on any atom is 0.290 e. The number of carbonyl (C=O) groups is 1. The first kappa shape index (κ1) is 18.7. The largest absolute Gasteiger partial charge is 0.298 e. The van der Waals surface area contributed by atoms with Gasteiger partial charge in [-0.1, -0.05) is 52.5 Å². The summed E-state index contributed by atoms with van der Waals surface area (Å²) in [6.07, 6.45) is 5.22. The first-order valence-electron chi connectivity index (χ1n) is 8.64. The number of carbonyl (C=O) groups excluding carboxylic acids is 1. The highest BCUT2D eigenvalue weighted by atomic mass is 35.5. The number of aldehydes is 1. The van der Waals surface area contributed by atoms with E-state index in [9.17, 15) is 14.1 Å². The fraction of sp³-hybridized carbons (Fsp3) is 0. The Morgan fingerprint density at radius 2 is 1.72 bits per heavy atom. The van der Waals surface area contributed by atoms with E-state index < -0.39 is 5.56 Å². The smallest absolute Gasteiger partial charge is 0.290 e. The zero-order chi connectivity index (χ0) is 20.4. The molecule has 0 saturated heterocycles. The summed E-state index contributed by atoms with van der Waals surface area (Å²) in [5, 5.41) is 0.328. The minimum atomic E-state index is -0.841. The van der Waals surface area contributed by atoms with Crippen molar-refractivity contribution < 1.29 is 9.28 Å². The summed E-state index contributed by atoms with van der Waals surface area (Å²) in [5.74, 6) is -0.159. The molecule has 4 aromatic rings. The molecule has 0 aliphatic rings. The van der Waals surface area contributed by atoms with Gasteiger partial charge in [0.05, 0.1) is 10.9 Å². The molecule has 2 heterocycles. The average Bonchev–Trinajstić information content (AvgIpc) is 2.75. The van der Waals surface area contributed by atoms with Gasteiger partial charge in [-0.25, -0.2) is 9.97 Å². The summed E-state index contributed by atoms with van der Waals surface area (Å²) in [6, 6.07) is 15.2. The van der Waals surface area contributed by atoms with Crippen molar-refractivity contribution in [1.82, 2.24) is 14.8 Å². The van der Waals surface area contributed by atoms with Crippen molar-refractivity contribution in [2.24, 2.45) is 0 Å². The predicted octanol–water partition coefficient (Wildman–Crippen LogP) is 4.83. The van der Waals surface area contributed by atoms with Gasteiger partial charge < -0.3 is 0 Å². The Morgan fingerprint density at radius 3 is 2.52 bits per heavy atom. The quantitative estimate of drug-likeness (QED) is 0.360. The summed E-state index contributed by atoms with van der Waals surface area (Å²) in [4.78, 5) is 32.0. The molecule has 2 aromatic heterocycles. The molecule has 0 aliphatic heterocycles. The number of nitrogens with zero attached hydrogens (tertiary/aromatic N) is 3. The Morgan fingerprint density at radius 1 is 0.966 bits per heavy atom. The minimum Gasteiger partial charge on any atom is -0.298 e. The lowest BCUT2D eigenvalue weighted by Crippen LogP contribution is -2.18. The Bertz CT molecular complexity index is 1330. The summed E-state index contributed by atoms with van der Waals surface area (Å²) in [5.41, 5.74) is 1.65. The van der Waals surface area contributed by atoms with Crippen LogP contribution >= 0.6 is 11.6 Å². The Balaban J connectivity index is 1.86. The molecule has 0 spiro atoms. The van der Waals surface area contributed by atoms with Crippen LogP contribution in [0.2, 0.25) is 5.15 Å². The molecular formula is C22H13ClFN3O2. The Hall–Kier alpha value is -3.64. The number of halogens is 2. The Kier molecular flexibility index (Phi) is 5.01. The van der Waals surface area contributed by atoms with Crippen molar-refractivity contribution in [3.8, 4) is 11.1 Å². The molecule has 0 N–H and O–H groups in total. The normalized spacial score (nSPS) is 11.2. The van der Waals surface area contributed by atoms with Gasteiger partial charge in [0, 0.05) is 17.3 Å². The molecule has 0 fully saturated rings. The molecule has 142 valence electrons. The maximum absolute atomic E-state index is 14.8. The van der Waals surface area contributed by atoms with Gasteiger partial charge in [0.25, 0.3) is 5.56 Å². The monoisotopic (exact) mass is 405 g/mol. The van der Waals surface area contributed by atoms with E-state index in [1.165, 1.54) is 12.3 Å². The van der Waals surface area contributed by atoms with Gasteiger partial charge in [0.1, 0.15) is 11.4 Å². The van der Waals surface area contributed by atoms with Crippen molar-refractivity contribution in [2.45, 2.75) is 0 Å². The molecule has 7 heteroatoms. The number of benzene rings is 2. The van der Waals surface area contributed by atoms with Gasteiger partial charge in [0.2, 0.25) is 0 Å².